The number of nitrogens with zero attached hydrogens (tertiary/aromatic N) is 1. The van der Waals surface area contributed by atoms with Crippen molar-refractivity contribution in [3.05, 3.63) is 23.4 Å². The zero-order valence-corrected chi connectivity index (χ0v) is 7.11. The first-order valence-electron chi connectivity index (χ1n) is 3.64. The summed E-state index contributed by atoms with van der Waals surface area (Å²) in [6, 6.07) is 0.589. The van der Waals surface area contributed by atoms with Crippen molar-refractivity contribution in [3.8, 4) is 5.88 Å². The topological polar surface area (TPSA) is 48.1 Å². The first-order chi connectivity index (χ1) is 6.83. The molecule has 0 saturated carbocycles. The Bertz CT molecular complexity index is 365. The van der Waals surface area contributed by atoms with Gasteiger partial charge in [0, 0.05) is 18.2 Å². The summed E-state index contributed by atoms with van der Waals surface area (Å²) in [6.07, 6.45) is -5.01. The highest BCUT2D eigenvalue weighted by molar-refractivity contribution is 5.22. The maximum atomic E-state index is 12.8. The zero-order valence-electron chi connectivity index (χ0n) is 7.11. The zero-order chi connectivity index (χ0) is 11.6. The normalized spacial score (nSPS) is 11.6. The minimum absolute atomic E-state index is 0.443. The lowest BCUT2D eigenvalue weighted by Gasteiger charge is -2.09. The van der Waals surface area contributed by atoms with E-state index in [0.29, 0.717) is 6.07 Å². The number of alkyl halides is 3. The molecule has 0 radical (unpaired) electrons. The third-order valence-corrected chi connectivity index (χ3v) is 1.41. The molecule has 1 aromatic rings. The van der Waals surface area contributed by atoms with Crippen molar-refractivity contribution in [2.45, 2.75) is 12.9 Å². The summed E-state index contributed by atoms with van der Waals surface area (Å²) in [5, 5.41) is 0. The van der Waals surface area contributed by atoms with Crippen LogP contribution < -0.4 is 10.5 Å². The lowest BCUT2D eigenvalue weighted by Crippen LogP contribution is -2.19. The van der Waals surface area contributed by atoms with E-state index in [0.717, 1.165) is 0 Å². The minimum Gasteiger partial charge on any atom is -0.388 e. The molecule has 15 heavy (non-hydrogen) atoms. The SMILES string of the molecule is NCc1cc(OC(F)(F)F)nc(F)c1F. The molecule has 0 fully saturated rings. The van der Waals surface area contributed by atoms with Gasteiger partial charge in [-0.15, -0.1) is 13.2 Å². The van der Waals surface area contributed by atoms with Crippen LogP contribution in [-0.4, -0.2) is 11.3 Å². The molecule has 3 nitrogen and oxygen atoms in total. The van der Waals surface area contributed by atoms with Crippen molar-refractivity contribution >= 4 is 0 Å². The predicted octanol–water partition coefficient (Wildman–Crippen LogP) is 1.72. The van der Waals surface area contributed by atoms with E-state index in [9.17, 15) is 22.0 Å². The van der Waals surface area contributed by atoms with E-state index in [-0.39, 0.29) is 0 Å². The molecule has 0 bridgehead atoms. The summed E-state index contributed by atoms with van der Waals surface area (Å²) in [5.74, 6) is -4.15. The largest absolute Gasteiger partial charge is 0.574 e. The molecule has 0 unspecified atom stereocenters. The van der Waals surface area contributed by atoms with Crippen molar-refractivity contribution in [2.75, 3.05) is 0 Å². The monoisotopic (exact) mass is 228 g/mol. The van der Waals surface area contributed by atoms with Gasteiger partial charge in [0.05, 0.1) is 0 Å². The standard InChI is InChI=1S/C7H5F5N2O/c8-5-3(2-13)1-4(14-6(5)9)15-7(10,11)12/h1H,2,13H2. The number of aromatic nitrogens is 1. The van der Waals surface area contributed by atoms with E-state index in [1.165, 1.54) is 0 Å². The Balaban J connectivity index is 3.06. The lowest BCUT2D eigenvalue weighted by atomic mass is 10.2. The maximum absolute atomic E-state index is 12.8. The molecule has 0 saturated heterocycles. The van der Waals surface area contributed by atoms with Crippen molar-refractivity contribution in [1.29, 1.82) is 0 Å². The van der Waals surface area contributed by atoms with Crippen molar-refractivity contribution < 1.29 is 26.7 Å². The van der Waals surface area contributed by atoms with Crippen molar-refractivity contribution in [1.82, 2.24) is 4.98 Å². The van der Waals surface area contributed by atoms with Crippen molar-refractivity contribution in [3.63, 3.8) is 0 Å². The molecule has 0 amide bonds. The lowest BCUT2D eigenvalue weighted by molar-refractivity contribution is -0.276. The molecular formula is C7H5F5N2O. The Morgan fingerprint density at radius 3 is 2.40 bits per heavy atom. The van der Waals surface area contributed by atoms with Gasteiger partial charge in [0.1, 0.15) is 0 Å². The first-order valence-corrected chi connectivity index (χ1v) is 3.64. The van der Waals surface area contributed by atoms with E-state index in [1.54, 1.807) is 0 Å². The molecule has 0 aliphatic rings. The summed E-state index contributed by atoms with van der Waals surface area (Å²) < 4.78 is 63.8. The van der Waals surface area contributed by atoms with Gasteiger partial charge in [-0.3, -0.25) is 0 Å². The first kappa shape index (κ1) is 11.6. The smallest absolute Gasteiger partial charge is 0.388 e. The highest BCUT2D eigenvalue weighted by atomic mass is 19.4. The second-order valence-electron chi connectivity index (χ2n) is 2.48. The van der Waals surface area contributed by atoms with Crippen LogP contribution in [0.15, 0.2) is 6.07 Å². The van der Waals surface area contributed by atoms with Gasteiger partial charge < -0.3 is 10.5 Å². The highest BCUT2D eigenvalue weighted by Gasteiger charge is 2.32. The van der Waals surface area contributed by atoms with Crippen LogP contribution in [0.25, 0.3) is 0 Å². The van der Waals surface area contributed by atoms with Crippen LogP contribution in [0.1, 0.15) is 5.56 Å². The Morgan fingerprint density at radius 1 is 1.33 bits per heavy atom. The second-order valence-corrected chi connectivity index (χ2v) is 2.48. The Labute approximate surface area is 80.7 Å². The molecule has 1 heterocycles. The van der Waals surface area contributed by atoms with E-state index < -0.39 is 36.1 Å². The van der Waals surface area contributed by atoms with E-state index in [1.807, 2.05) is 0 Å². The van der Waals surface area contributed by atoms with Gasteiger partial charge in [0.15, 0.2) is 5.82 Å². The third kappa shape index (κ3) is 3.01. The molecule has 0 aliphatic heterocycles. The van der Waals surface area contributed by atoms with Crippen LogP contribution in [0.2, 0.25) is 0 Å². The number of ether oxygens (including phenoxy) is 1. The summed E-state index contributed by atoms with van der Waals surface area (Å²) in [5.41, 5.74) is 4.54. The van der Waals surface area contributed by atoms with Crippen LogP contribution in [0.3, 0.4) is 0 Å². The molecule has 0 spiro atoms. The fourth-order valence-electron chi connectivity index (χ4n) is 0.842. The highest BCUT2D eigenvalue weighted by Crippen LogP contribution is 2.23. The van der Waals surface area contributed by atoms with E-state index in [4.69, 9.17) is 5.73 Å². The molecule has 0 aromatic carbocycles. The minimum atomic E-state index is -5.01. The average Bonchev–Trinajstić information content (AvgIpc) is 2.08. The average molecular weight is 228 g/mol. The molecule has 0 aliphatic carbocycles. The molecule has 0 atom stereocenters. The number of rotatable bonds is 2. The summed E-state index contributed by atoms with van der Waals surface area (Å²) >= 11 is 0. The predicted molar refractivity (Wildman–Crippen MR) is 38.7 cm³/mol. The van der Waals surface area contributed by atoms with Crippen LogP contribution in [0.4, 0.5) is 22.0 Å². The summed E-state index contributed by atoms with van der Waals surface area (Å²) in [4.78, 5) is 2.63. The fourth-order valence-corrected chi connectivity index (χ4v) is 0.842. The Hall–Kier alpha value is -1.44. The number of halogens is 5. The van der Waals surface area contributed by atoms with Crippen LogP contribution in [0, 0.1) is 11.8 Å². The van der Waals surface area contributed by atoms with E-state index in [2.05, 4.69) is 9.72 Å². The third-order valence-electron chi connectivity index (χ3n) is 1.41. The van der Waals surface area contributed by atoms with Gasteiger partial charge >= 0.3 is 6.36 Å². The van der Waals surface area contributed by atoms with Crippen molar-refractivity contribution in [2.24, 2.45) is 5.73 Å². The Kier molecular flexibility index (Phi) is 3.08. The number of hydrogen-bond donors (Lipinski definition) is 1. The molecule has 1 rings (SSSR count). The number of hydrogen-bond acceptors (Lipinski definition) is 3. The molecule has 84 valence electrons. The number of nitrogens with two attached hydrogens (primary N) is 1. The van der Waals surface area contributed by atoms with E-state index >= 15 is 0 Å². The molecular weight excluding hydrogens is 223 g/mol. The molecule has 1 aromatic heterocycles. The summed E-state index contributed by atoms with van der Waals surface area (Å²) in [6.45, 7) is -0.459. The van der Waals surface area contributed by atoms with Gasteiger partial charge in [0.25, 0.3) is 5.95 Å². The summed E-state index contributed by atoms with van der Waals surface area (Å²) in [7, 11) is 0. The van der Waals surface area contributed by atoms with Gasteiger partial charge in [0.2, 0.25) is 5.88 Å². The van der Waals surface area contributed by atoms with Crippen LogP contribution in [0.5, 0.6) is 5.88 Å². The number of pyridine rings is 1. The Morgan fingerprint density at radius 2 is 1.93 bits per heavy atom. The molecule has 2 N–H and O–H groups in total. The quantitative estimate of drug-likeness (QED) is 0.619. The van der Waals surface area contributed by atoms with Crippen LogP contribution >= 0.6 is 0 Å². The van der Waals surface area contributed by atoms with Gasteiger partial charge in [-0.1, -0.05) is 0 Å². The maximum Gasteiger partial charge on any atom is 0.574 e. The second kappa shape index (κ2) is 3.97. The molecule has 8 heteroatoms. The van der Waals surface area contributed by atoms with Gasteiger partial charge in [-0.05, 0) is 0 Å². The fraction of sp³-hybridized carbons (Fsp3) is 0.286. The van der Waals surface area contributed by atoms with Gasteiger partial charge in [-0.25, -0.2) is 4.39 Å². The van der Waals surface area contributed by atoms with Gasteiger partial charge in [-0.2, -0.15) is 9.37 Å². The van der Waals surface area contributed by atoms with Crippen LogP contribution in [-0.2, 0) is 6.54 Å².